The fourth-order valence-electron chi connectivity index (χ4n) is 1.85. The molecule has 0 fully saturated rings. The lowest BCUT2D eigenvalue weighted by atomic mass is 10.3. The van der Waals surface area contributed by atoms with Crippen LogP contribution in [0, 0.1) is 23.3 Å². The Morgan fingerprint density at radius 3 is 2.00 bits per heavy atom. The third kappa shape index (κ3) is 3.23. The molecule has 1 N–H and O–H groups in total. The van der Waals surface area contributed by atoms with Crippen molar-refractivity contribution >= 4 is 15.7 Å². The second-order valence-electron chi connectivity index (χ2n) is 4.47. The molecule has 0 aliphatic carbocycles. The van der Waals surface area contributed by atoms with Crippen molar-refractivity contribution < 1.29 is 35.5 Å². The topological polar surface area (TPSA) is 64.6 Å². The van der Waals surface area contributed by atoms with Gasteiger partial charge in [0.15, 0.2) is 23.3 Å². The van der Waals surface area contributed by atoms with E-state index in [1.165, 1.54) is 24.0 Å². The number of sulfonamides is 1. The molecule has 10 heteroatoms. The Bertz CT molecular complexity index is 861. The lowest BCUT2D eigenvalue weighted by Crippen LogP contribution is -2.17. The van der Waals surface area contributed by atoms with Crippen LogP contribution >= 0.6 is 0 Å². The predicted octanol–water partition coefficient (Wildman–Crippen LogP) is 3.06. The number of ether oxygens (including phenoxy) is 2. The molecular formula is C14H11F4NO4S. The summed E-state index contributed by atoms with van der Waals surface area (Å²) >= 11 is 0. The standard InChI is InChI=1S/C14H11F4NO4S/c1-22-7-3-4-11(10(5-7)23-2)24(20,21)19-14-12(17)8(15)6-9(16)13(14)18/h3-6,19H,1-2H3. The lowest BCUT2D eigenvalue weighted by molar-refractivity contribution is 0.386. The fraction of sp³-hybridized carbons (Fsp3) is 0.143. The van der Waals surface area contributed by atoms with Crippen molar-refractivity contribution in [3.8, 4) is 11.5 Å². The smallest absolute Gasteiger partial charge is 0.265 e. The molecule has 5 nitrogen and oxygen atoms in total. The van der Waals surface area contributed by atoms with Gasteiger partial charge in [0.1, 0.15) is 22.1 Å². The van der Waals surface area contributed by atoms with E-state index in [1.54, 1.807) is 0 Å². The predicted molar refractivity (Wildman–Crippen MR) is 76.6 cm³/mol. The van der Waals surface area contributed by atoms with Gasteiger partial charge in [0.25, 0.3) is 10.0 Å². The van der Waals surface area contributed by atoms with E-state index in [4.69, 9.17) is 9.47 Å². The Morgan fingerprint density at radius 1 is 0.917 bits per heavy atom. The van der Waals surface area contributed by atoms with Gasteiger partial charge in [-0.1, -0.05) is 0 Å². The number of anilines is 1. The number of halogens is 4. The van der Waals surface area contributed by atoms with Gasteiger partial charge in [-0.15, -0.1) is 0 Å². The van der Waals surface area contributed by atoms with E-state index >= 15 is 0 Å². The van der Waals surface area contributed by atoms with E-state index in [0.717, 1.165) is 13.2 Å². The van der Waals surface area contributed by atoms with E-state index < -0.39 is 43.9 Å². The second kappa shape index (κ2) is 6.56. The van der Waals surface area contributed by atoms with Crippen molar-refractivity contribution in [1.82, 2.24) is 0 Å². The van der Waals surface area contributed by atoms with Crippen LogP contribution in [0.15, 0.2) is 29.2 Å². The summed E-state index contributed by atoms with van der Waals surface area (Å²) in [6, 6.07) is 3.49. The molecule has 0 amide bonds. The molecular weight excluding hydrogens is 354 g/mol. The molecule has 24 heavy (non-hydrogen) atoms. The zero-order valence-corrected chi connectivity index (χ0v) is 13.2. The second-order valence-corrected chi connectivity index (χ2v) is 6.12. The van der Waals surface area contributed by atoms with Gasteiger partial charge < -0.3 is 9.47 Å². The number of hydrogen-bond donors (Lipinski definition) is 1. The van der Waals surface area contributed by atoms with Crippen LogP contribution < -0.4 is 14.2 Å². The summed E-state index contributed by atoms with van der Waals surface area (Å²) in [4.78, 5) is -0.505. The molecule has 0 aromatic heterocycles. The zero-order valence-electron chi connectivity index (χ0n) is 12.4. The minimum Gasteiger partial charge on any atom is -0.497 e. The largest absolute Gasteiger partial charge is 0.497 e. The van der Waals surface area contributed by atoms with E-state index in [9.17, 15) is 26.0 Å². The van der Waals surface area contributed by atoms with E-state index in [2.05, 4.69) is 0 Å². The third-order valence-corrected chi connectivity index (χ3v) is 4.40. The monoisotopic (exact) mass is 365 g/mol. The maximum Gasteiger partial charge on any atom is 0.265 e. The summed E-state index contributed by atoms with van der Waals surface area (Å²) in [6.45, 7) is 0. The molecule has 0 aliphatic heterocycles. The Balaban J connectivity index is 2.55. The minimum atomic E-state index is -4.60. The molecule has 2 aromatic carbocycles. The molecule has 0 radical (unpaired) electrons. The molecule has 0 aliphatic rings. The number of nitrogens with one attached hydrogen (secondary N) is 1. The highest BCUT2D eigenvalue weighted by atomic mass is 32.2. The van der Waals surface area contributed by atoms with E-state index in [1.807, 2.05) is 0 Å². The van der Waals surface area contributed by atoms with Gasteiger partial charge >= 0.3 is 0 Å². The van der Waals surface area contributed by atoms with Crippen LogP contribution in [0.4, 0.5) is 23.2 Å². The van der Waals surface area contributed by atoms with E-state index in [0.29, 0.717) is 0 Å². The normalized spacial score (nSPS) is 11.2. The number of hydrogen-bond acceptors (Lipinski definition) is 4. The number of rotatable bonds is 5. The van der Waals surface area contributed by atoms with Gasteiger partial charge in [-0.3, -0.25) is 4.72 Å². The Kier molecular flexibility index (Phi) is 4.88. The summed E-state index contributed by atoms with van der Waals surface area (Å²) in [5.74, 6) is -7.16. The molecule has 0 spiro atoms. The SMILES string of the molecule is COc1ccc(S(=O)(=O)Nc2c(F)c(F)cc(F)c2F)c(OC)c1. The van der Waals surface area contributed by atoms with Crippen LogP contribution in [0.25, 0.3) is 0 Å². The van der Waals surface area contributed by atoms with Gasteiger partial charge in [-0.05, 0) is 12.1 Å². The van der Waals surface area contributed by atoms with Crippen LogP contribution in [0.1, 0.15) is 0 Å². The van der Waals surface area contributed by atoms with Crippen LogP contribution in [0.3, 0.4) is 0 Å². The first-order chi connectivity index (χ1) is 11.2. The average Bonchev–Trinajstić information content (AvgIpc) is 2.56. The molecule has 0 atom stereocenters. The Labute approximate surface area is 134 Å². The highest BCUT2D eigenvalue weighted by Crippen LogP contribution is 2.32. The van der Waals surface area contributed by atoms with Crippen molar-refractivity contribution in [2.24, 2.45) is 0 Å². The van der Waals surface area contributed by atoms with E-state index in [-0.39, 0.29) is 17.6 Å². The molecule has 0 bridgehead atoms. The molecule has 2 rings (SSSR count). The first kappa shape index (κ1) is 17.9. The Hall–Kier alpha value is -2.49. The van der Waals surface area contributed by atoms with Gasteiger partial charge in [0, 0.05) is 12.1 Å². The third-order valence-electron chi connectivity index (χ3n) is 3.01. The average molecular weight is 365 g/mol. The van der Waals surface area contributed by atoms with Crippen molar-refractivity contribution in [2.75, 3.05) is 18.9 Å². The highest BCUT2D eigenvalue weighted by Gasteiger charge is 2.26. The first-order valence-corrected chi connectivity index (χ1v) is 7.77. The molecule has 2 aromatic rings. The zero-order chi connectivity index (χ0) is 18.1. The van der Waals surface area contributed by atoms with Gasteiger partial charge in [-0.2, -0.15) is 0 Å². The van der Waals surface area contributed by atoms with Gasteiger partial charge in [-0.25, -0.2) is 26.0 Å². The van der Waals surface area contributed by atoms with Crippen molar-refractivity contribution in [3.63, 3.8) is 0 Å². The molecule has 0 unspecified atom stereocenters. The van der Waals surface area contributed by atoms with Crippen molar-refractivity contribution in [3.05, 3.63) is 47.5 Å². The summed E-state index contributed by atoms with van der Waals surface area (Å²) in [6.07, 6.45) is 0. The number of benzene rings is 2. The van der Waals surface area contributed by atoms with Crippen molar-refractivity contribution in [2.45, 2.75) is 4.90 Å². The summed E-state index contributed by atoms with van der Waals surface area (Å²) < 4.78 is 89.5. The van der Waals surface area contributed by atoms with Crippen LogP contribution in [-0.4, -0.2) is 22.6 Å². The summed E-state index contributed by atoms with van der Waals surface area (Å²) in [5.41, 5.74) is -1.47. The van der Waals surface area contributed by atoms with Crippen LogP contribution in [-0.2, 0) is 10.0 Å². The number of methoxy groups -OCH3 is 2. The molecule has 130 valence electrons. The highest BCUT2D eigenvalue weighted by molar-refractivity contribution is 7.92. The maximum atomic E-state index is 13.6. The van der Waals surface area contributed by atoms with Crippen LogP contribution in [0.5, 0.6) is 11.5 Å². The quantitative estimate of drug-likeness (QED) is 0.653. The first-order valence-electron chi connectivity index (χ1n) is 6.29. The van der Waals surface area contributed by atoms with Crippen LogP contribution in [0.2, 0.25) is 0 Å². The molecule has 0 saturated carbocycles. The minimum absolute atomic E-state index is 0.0313. The lowest BCUT2D eigenvalue weighted by Gasteiger charge is -2.14. The summed E-state index contributed by atoms with van der Waals surface area (Å²) in [5, 5.41) is 0. The van der Waals surface area contributed by atoms with Crippen molar-refractivity contribution in [1.29, 1.82) is 0 Å². The summed E-state index contributed by atoms with van der Waals surface area (Å²) in [7, 11) is -2.11. The van der Waals surface area contributed by atoms with Gasteiger partial charge in [0.05, 0.1) is 14.2 Å². The molecule has 0 saturated heterocycles. The molecule has 0 heterocycles. The maximum absolute atomic E-state index is 13.6. The fourth-order valence-corrected chi connectivity index (χ4v) is 3.06. The Morgan fingerprint density at radius 2 is 1.50 bits per heavy atom. The van der Waals surface area contributed by atoms with Gasteiger partial charge in [0.2, 0.25) is 0 Å².